The fourth-order valence-corrected chi connectivity index (χ4v) is 5.09. The monoisotopic (exact) mass is 443 g/mol. The molecule has 2 aliphatic rings. The number of halogens is 2. The van der Waals surface area contributed by atoms with Gasteiger partial charge in [0.1, 0.15) is 0 Å². The first kappa shape index (κ1) is 23.9. The van der Waals surface area contributed by atoms with Gasteiger partial charge in [-0.1, -0.05) is 23.1 Å². The molecule has 3 heterocycles. The van der Waals surface area contributed by atoms with Crippen molar-refractivity contribution in [3.63, 3.8) is 0 Å². The summed E-state index contributed by atoms with van der Waals surface area (Å²) in [5, 5.41) is 15.2. The minimum absolute atomic E-state index is 0. The number of carbonyl (C=O) groups is 1. The Hall–Kier alpha value is -0.160. The molecule has 1 aromatic rings. The molecule has 0 saturated carbocycles. The van der Waals surface area contributed by atoms with E-state index < -0.39 is 0 Å². The second-order valence-corrected chi connectivity index (χ2v) is 8.40. The van der Waals surface area contributed by atoms with E-state index in [-0.39, 0.29) is 36.8 Å². The van der Waals surface area contributed by atoms with Crippen LogP contribution in [0.25, 0.3) is 0 Å². The number of methoxy groups -OCH3 is 1. The summed E-state index contributed by atoms with van der Waals surface area (Å²) < 4.78 is 5.89. The summed E-state index contributed by atoms with van der Waals surface area (Å²) in [5.41, 5.74) is 0. The summed E-state index contributed by atoms with van der Waals surface area (Å²) in [7, 11) is 1.68. The number of ether oxygens (including phenoxy) is 1. The molecule has 0 unspecified atom stereocenters. The lowest BCUT2D eigenvalue weighted by Gasteiger charge is -2.34. The average molecular weight is 444 g/mol. The second-order valence-electron chi connectivity index (χ2n) is 6.08. The van der Waals surface area contributed by atoms with Crippen LogP contribution in [0, 0.1) is 0 Å². The van der Waals surface area contributed by atoms with Crippen LogP contribution in [-0.4, -0.2) is 72.2 Å². The standard InChI is InChI=1S/C15H25N5O2S2.2ClH/c1-22-9-10-23-15-19-18-14(24-15)17-13(21)12-3-2-8-20(12)11-4-6-16-7-5-11;;/h11-12,16H,2-10H2,1H3,(H,17,18,21);2*1H/t12-;;/m0../s1. The molecule has 11 heteroatoms. The van der Waals surface area contributed by atoms with E-state index in [1.54, 1.807) is 18.9 Å². The summed E-state index contributed by atoms with van der Waals surface area (Å²) in [6, 6.07) is 0.501. The first-order valence-electron chi connectivity index (χ1n) is 8.50. The molecule has 3 rings (SSSR count). The molecule has 1 aromatic heterocycles. The van der Waals surface area contributed by atoms with Crippen LogP contribution in [-0.2, 0) is 9.53 Å². The SMILES string of the molecule is COCCSc1nnc(NC(=O)[C@@H]2CCCN2C2CCNCC2)s1.Cl.Cl. The lowest BCUT2D eigenvalue weighted by molar-refractivity contribution is -0.121. The molecule has 0 spiro atoms. The number of anilines is 1. The molecule has 0 aromatic carbocycles. The number of nitrogens with zero attached hydrogens (tertiary/aromatic N) is 3. The fraction of sp³-hybridized carbons (Fsp3) is 0.800. The van der Waals surface area contributed by atoms with Crippen LogP contribution in [0.15, 0.2) is 4.34 Å². The number of hydrogen-bond acceptors (Lipinski definition) is 8. The first-order valence-corrected chi connectivity index (χ1v) is 10.3. The summed E-state index contributed by atoms with van der Waals surface area (Å²) in [4.78, 5) is 15.1. The number of piperidine rings is 1. The minimum Gasteiger partial charge on any atom is -0.384 e. The first-order chi connectivity index (χ1) is 11.8. The predicted octanol–water partition coefficient (Wildman–Crippen LogP) is 2.28. The van der Waals surface area contributed by atoms with E-state index in [9.17, 15) is 4.79 Å². The molecule has 1 amide bonds. The number of hydrogen-bond donors (Lipinski definition) is 2. The van der Waals surface area contributed by atoms with Crippen LogP contribution in [0.3, 0.4) is 0 Å². The molecule has 150 valence electrons. The van der Waals surface area contributed by atoms with Gasteiger partial charge in [0.25, 0.3) is 0 Å². The van der Waals surface area contributed by atoms with Gasteiger partial charge in [-0.05, 0) is 45.3 Å². The van der Waals surface area contributed by atoms with Crippen LogP contribution in [0.5, 0.6) is 0 Å². The lowest BCUT2D eigenvalue weighted by atomic mass is 10.0. The largest absolute Gasteiger partial charge is 0.384 e. The van der Waals surface area contributed by atoms with Gasteiger partial charge in [0.05, 0.1) is 12.6 Å². The Morgan fingerprint density at radius 3 is 2.85 bits per heavy atom. The highest BCUT2D eigenvalue weighted by Crippen LogP contribution is 2.28. The third kappa shape index (κ3) is 6.47. The van der Waals surface area contributed by atoms with Crippen molar-refractivity contribution in [3.8, 4) is 0 Å². The maximum absolute atomic E-state index is 12.7. The van der Waals surface area contributed by atoms with Crippen molar-refractivity contribution in [1.82, 2.24) is 20.4 Å². The van der Waals surface area contributed by atoms with E-state index >= 15 is 0 Å². The average Bonchev–Trinajstić information content (AvgIpc) is 3.25. The molecule has 2 fully saturated rings. The predicted molar refractivity (Wildman–Crippen MR) is 111 cm³/mol. The van der Waals surface area contributed by atoms with Gasteiger partial charge in [-0.2, -0.15) is 0 Å². The Labute approximate surface area is 175 Å². The van der Waals surface area contributed by atoms with E-state index in [2.05, 4.69) is 25.7 Å². The zero-order chi connectivity index (χ0) is 16.8. The molecule has 2 N–H and O–H groups in total. The van der Waals surface area contributed by atoms with Gasteiger partial charge in [0.2, 0.25) is 11.0 Å². The number of likely N-dealkylation sites (tertiary alicyclic amines) is 1. The molecular formula is C15H27Cl2N5O2S2. The third-order valence-corrected chi connectivity index (χ3v) is 6.46. The van der Waals surface area contributed by atoms with Gasteiger partial charge in [-0.15, -0.1) is 35.0 Å². The van der Waals surface area contributed by atoms with Gasteiger partial charge in [-0.3, -0.25) is 15.0 Å². The highest BCUT2D eigenvalue weighted by Gasteiger charge is 2.36. The van der Waals surface area contributed by atoms with Crippen molar-refractivity contribution >= 4 is 59.0 Å². The van der Waals surface area contributed by atoms with Gasteiger partial charge in [0.15, 0.2) is 4.34 Å². The van der Waals surface area contributed by atoms with Crippen LogP contribution < -0.4 is 10.6 Å². The molecule has 0 bridgehead atoms. The number of carbonyl (C=O) groups excluding carboxylic acids is 1. The van der Waals surface area contributed by atoms with Crippen molar-refractivity contribution in [2.75, 3.05) is 44.4 Å². The maximum Gasteiger partial charge on any atom is 0.243 e. The van der Waals surface area contributed by atoms with Crippen LogP contribution in [0.1, 0.15) is 25.7 Å². The Balaban J connectivity index is 0.00000169. The summed E-state index contributed by atoms with van der Waals surface area (Å²) in [6.45, 7) is 3.80. The van der Waals surface area contributed by atoms with E-state index in [0.717, 1.165) is 55.4 Å². The topological polar surface area (TPSA) is 79.4 Å². The normalized spacial score (nSPS) is 21.0. The van der Waals surface area contributed by atoms with Crippen LogP contribution >= 0.6 is 47.9 Å². The number of rotatable bonds is 7. The van der Waals surface area contributed by atoms with Crippen LogP contribution in [0.4, 0.5) is 5.13 Å². The zero-order valence-electron chi connectivity index (χ0n) is 14.8. The van der Waals surface area contributed by atoms with Crippen molar-refractivity contribution in [2.24, 2.45) is 0 Å². The third-order valence-electron chi connectivity index (χ3n) is 4.52. The van der Waals surface area contributed by atoms with Gasteiger partial charge < -0.3 is 10.1 Å². The Morgan fingerprint density at radius 1 is 1.35 bits per heavy atom. The highest BCUT2D eigenvalue weighted by molar-refractivity contribution is 8.01. The van der Waals surface area contributed by atoms with Gasteiger partial charge in [-0.25, -0.2) is 0 Å². The van der Waals surface area contributed by atoms with Gasteiger partial charge >= 0.3 is 0 Å². The summed E-state index contributed by atoms with van der Waals surface area (Å²) in [6.07, 6.45) is 4.28. The zero-order valence-corrected chi connectivity index (χ0v) is 18.1. The van der Waals surface area contributed by atoms with E-state index in [1.165, 1.54) is 11.3 Å². The van der Waals surface area contributed by atoms with Crippen molar-refractivity contribution in [3.05, 3.63) is 0 Å². The van der Waals surface area contributed by atoms with Crippen molar-refractivity contribution in [1.29, 1.82) is 0 Å². The molecule has 26 heavy (non-hydrogen) atoms. The summed E-state index contributed by atoms with van der Waals surface area (Å²) in [5.74, 6) is 0.904. The minimum atomic E-state index is -0.0263. The van der Waals surface area contributed by atoms with Gasteiger partial charge in [0, 0.05) is 18.9 Å². The molecule has 1 atom stereocenters. The quantitative estimate of drug-likeness (QED) is 0.380. The maximum atomic E-state index is 12.7. The molecule has 0 radical (unpaired) electrons. The van der Waals surface area contributed by atoms with Crippen LogP contribution in [0.2, 0.25) is 0 Å². The number of aromatic nitrogens is 2. The molecular weight excluding hydrogens is 417 g/mol. The lowest BCUT2D eigenvalue weighted by Crippen LogP contribution is -2.49. The second kappa shape index (κ2) is 12.3. The van der Waals surface area contributed by atoms with E-state index in [0.29, 0.717) is 17.8 Å². The molecule has 2 saturated heterocycles. The Bertz CT molecular complexity index is 546. The number of amides is 1. The number of thioether (sulfide) groups is 1. The Morgan fingerprint density at radius 2 is 2.12 bits per heavy atom. The fourth-order valence-electron chi connectivity index (χ4n) is 3.37. The molecule has 7 nitrogen and oxygen atoms in total. The molecule has 2 aliphatic heterocycles. The summed E-state index contributed by atoms with van der Waals surface area (Å²) >= 11 is 3.03. The molecule has 0 aliphatic carbocycles. The van der Waals surface area contributed by atoms with E-state index in [4.69, 9.17) is 4.74 Å². The number of nitrogens with one attached hydrogen (secondary N) is 2. The van der Waals surface area contributed by atoms with E-state index in [1.807, 2.05) is 0 Å². The Kier molecular flexibility index (Phi) is 11.3. The highest BCUT2D eigenvalue weighted by atomic mass is 35.5. The van der Waals surface area contributed by atoms with Crippen molar-refractivity contribution < 1.29 is 9.53 Å². The van der Waals surface area contributed by atoms with Crippen molar-refractivity contribution in [2.45, 2.75) is 42.1 Å². The smallest absolute Gasteiger partial charge is 0.243 e.